The molecule has 0 spiro atoms. The van der Waals surface area contributed by atoms with Gasteiger partial charge in [0.05, 0.1) is 35.0 Å². The molecule has 0 atom stereocenters. The van der Waals surface area contributed by atoms with Crippen LogP contribution in [0.1, 0.15) is 23.1 Å². The summed E-state index contributed by atoms with van der Waals surface area (Å²) in [7, 11) is 0. The molecule has 0 amide bonds. The Labute approximate surface area is 212 Å². The molecule has 0 aromatic heterocycles. The van der Waals surface area contributed by atoms with E-state index in [2.05, 4.69) is 11.7 Å². The minimum atomic E-state index is -4.64. The molecule has 196 valence electrons. The number of anilines is 2. The summed E-state index contributed by atoms with van der Waals surface area (Å²) in [6.07, 6.45) is -4.08. The summed E-state index contributed by atoms with van der Waals surface area (Å²) < 4.78 is 56.7. The molecule has 0 bridgehead atoms. The monoisotopic (exact) mass is 516 g/mol. The van der Waals surface area contributed by atoms with E-state index in [1.807, 2.05) is 9.80 Å². The van der Waals surface area contributed by atoms with Crippen LogP contribution in [0.4, 0.5) is 28.9 Å². The maximum atomic E-state index is 14.2. The number of nitrogens with zero attached hydrogens (tertiary/aromatic N) is 4. The molecule has 0 aliphatic carbocycles. The first-order chi connectivity index (χ1) is 17.6. The molecule has 10 heteroatoms. The summed E-state index contributed by atoms with van der Waals surface area (Å²) in [5, 5.41) is 24.9. The lowest BCUT2D eigenvalue weighted by Gasteiger charge is -2.41. The van der Waals surface area contributed by atoms with Crippen LogP contribution in [0.5, 0.6) is 0 Å². The lowest BCUT2D eigenvalue weighted by Crippen LogP contribution is -2.48. The second kappa shape index (κ2) is 9.50. The number of aliphatic hydroxyl groups is 2. The Hall–Kier alpha value is -3.37. The number of aryl methyl sites for hydroxylation is 1. The van der Waals surface area contributed by atoms with Crippen molar-refractivity contribution >= 4 is 17.1 Å². The van der Waals surface area contributed by atoms with Gasteiger partial charge in [-0.25, -0.2) is 9.40 Å². The molecule has 3 aliphatic rings. The van der Waals surface area contributed by atoms with Gasteiger partial charge in [0.25, 0.3) is 0 Å². The highest BCUT2D eigenvalue weighted by molar-refractivity contribution is 6.15. The van der Waals surface area contributed by atoms with E-state index in [1.54, 1.807) is 19.1 Å². The van der Waals surface area contributed by atoms with Crippen LogP contribution in [0, 0.1) is 18.7 Å². The van der Waals surface area contributed by atoms with Gasteiger partial charge < -0.3 is 20.0 Å². The lowest BCUT2D eigenvalue weighted by molar-refractivity contribution is -0.137. The first kappa shape index (κ1) is 25.3. The zero-order valence-corrected chi connectivity index (χ0v) is 20.4. The van der Waals surface area contributed by atoms with E-state index in [0.717, 1.165) is 11.6 Å². The number of hydrazone groups is 1. The molecule has 0 radical (unpaired) electrons. The summed E-state index contributed by atoms with van der Waals surface area (Å²) in [5.74, 6) is -0.299. The van der Waals surface area contributed by atoms with Gasteiger partial charge in [-0.05, 0) is 55.3 Å². The van der Waals surface area contributed by atoms with Gasteiger partial charge in [-0.3, -0.25) is 0 Å². The van der Waals surface area contributed by atoms with Crippen LogP contribution < -0.4 is 9.91 Å². The Bertz CT molecular complexity index is 1300. The smallest absolute Gasteiger partial charge is 0.396 e. The minimum Gasteiger partial charge on any atom is -0.396 e. The third-order valence-corrected chi connectivity index (χ3v) is 7.15. The van der Waals surface area contributed by atoms with E-state index in [4.69, 9.17) is 0 Å². The molecule has 0 unspecified atom stereocenters. The predicted octanol–water partition coefficient (Wildman–Crippen LogP) is 4.27. The summed E-state index contributed by atoms with van der Waals surface area (Å²) >= 11 is 0. The third kappa shape index (κ3) is 4.48. The predicted molar refractivity (Wildman–Crippen MR) is 134 cm³/mol. The fourth-order valence-electron chi connectivity index (χ4n) is 5.17. The molecule has 2 aromatic rings. The molecule has 37 heavy (non-hydrogen) atoms. The number of hydrogen-bond acceptors (Lipinski definition) is 6. The average Bonchev–Trinajstić information content (AvgIpc) is 3.24. The second-order valence-electron chi connectivity index (χ2n) is 9.61. The Balaban J connectivity index is 1.66. The van der Waals surface area contributed by atoms with Crippen molar-refractivity contribution in [3.8, 4) is 0 Å². The number of aliphatic hydroxyl groups excluding tert-OH is 2. The van der Waals surface area contributed by atoms with Crippen LogP contribution in [0.3, 0.4) is 0 Å². The molecule has 1 fully saturated rings. The highest BCUT2D eigenvalue weighted by Crippen LogP contribution is 2.45. The fraction of sp³-hybridized carbons (Fsp3) is 0.370. The Kier molecular flexibility index (Phi) is 6.49. The number of alkyl halides is 3. The zero-order chi connectivity index (χ0) is 26.5. The minimum absolute atomic E-state index is 0.0231. The van der Waals surface area contributed by atoms with E-state index in [1.165, 1.54) is 23.2 Å². The summed E-state index contributed by atoms with van der Waals surface area (Å²) in [6, 6.07) is 8.46. The molecule has 1 saturated heterocycles. The third-order valence-electron chi connectivity index (χ3n) is 7.15. The second-order valence-corrected chi connectivity index (χ2v) is 9.61. The number of hydrogen-bond donors (Lipinski definition) is 2. The van der Waals surface area contributed by atoms with E-state index < -0.39 is 11.7 Å². The van der Waals surface area contributed by atoms with Gasteiger partial charge in [0, 0.05) is 55.5 Å². The van der Waals surface area contributed by atoms with E-state index in [-0.39, 0.29) is 36.3 Å². The van der Waals surface area contributed by atoms with Gasteiger partial charge in [0.2, 0.25) is 0 Å². The topological polar surface area (TPSA) is 62.5 Å². The van der Waals surface area contributed by atoms with Gasteiger partial charge in [-0.15, -0.1) is 0 Å². The Morgan fingerprint density at radius 3 is 2.51 bits per heavy atom. The van der Waals surface area contributed by atoms with Gasteiger partial charge in [-0.1, -0.05) is 6.58 Å². The highest BCUT2D eigenvalue weighted by Gasteiger charge is 2.40. The SMILES string of the molecule is C=C1C2=C(CCN2CCO)C(c2ccc(F)c(C)c2)=NN1c1cc(N2CC(CO)C2)ccc1C(F)(F)F. The van der Waals surface area contributed by atoms with Crippen LogP contribution in [0.2, 0.25) is 0 Å². The molecule has 2 aromatic carbocycles. The summed E-state index contributed by atoms with van der Waals surface area (Å²) in [6.45, 7) is 7.59. The van der Waals surface area contributed by atoms with Crippen molar-refractivity contribution in [2.24, 2.45) is 11.0 Å². The quantitative estimate of drug-likeness (QED) is 0.562. The molecular weight excluding hydrogens is 488 g/mol. The summed E-state index contributed by atoms with van der Waals surface area (Å²) in [5.41, 5.74) is 2.73. The molecule has 3 heterocycles. The van der Waals surface area contributed by atoms with E-state index >= 15 is 0 Å². The standard InChI is InChI=1S/C27H28F4N4O2/c1-16-11-19(3-6-23(16)28)25-21-7-8-33(9-10-36)26(21)17(2)35(32-25)24-12-20(34-13-18(14-34)15-37)4-5-22(24)27(29,30)31/h3-6,11-12,18,36-37H,2,7-10,13-15H2,1H3. The first-order valence-electron chi connectivity index (χ1n) is 12.1. The van der Waals surface area contributed by atoms with Crippen molar-refractivity contribution in [1.29, 1.82) is 0 Å². The van der Waals surface area contributed by atoms with Crippen LogP contribution >= 0.6 is 0 Å². The van der Waals surface area contributed by atoms with Crippen LogP contribution in [0.25, 0.3) is 0 Å². The van der Waals surface area contributed by atoms with Crippen molar-refractivity contribution < 1.29 is 27.8 Å². The number of rotatable bonds is 6. The van der Waals surface area contributed by atoms with Gasteiger partial charge in [0.15, 0.2) is 0 Å². The van der Waals surface area contributed by atoms with Crippen LogP contribution in [0.15, 0.2) is 65.0 Å². The number of halogens is 4. The molecule has 0 saturated carbocycles. The van der Waals surface area contributed by atoms with Crippen molar-refractivity contribution in [2.75, 3.05) is 49.3 Å². The average molecular weight is 517 g/mol. The highest BCUT2D eigenvalue weighted by atomic mass is 19.4. The fourth-order valence-corrected chi connectivity index (χ4v) is 5.17. The van der Waals surface area contributed by atoms with Crippen molar-refractivity contribution in [1.82, 2.24) is 4.90 Å². The summed E-state index contributed by atoms with van der Waals surface area (Å²) in [4.78, 5) is 3.80. The van der Waals surface area contributed by atoms with Gasteiger partial charge in [0.1, 0.15) is 5.82 Å². The van der Waals surface area contributed by atoms with Gasteiger partial charge in [-0.2, -0.15) is 18.3 Å². The Morgan fingerprint density at radius 1 is 1.11 bits per heavy atom. The van der Waals surface area contributed by atoms with Crippen molar-refractivity contribution in [2.45, 2.75) is 19.5 Å². The number of β-amino-alcohol motifs (C(OH)–C–C–N with tert-alkyl or cyclic N) is 1. The molecule has 6 nitrogen and oxygen atoms in total. The molecular formula is C27H28F4N4O2. The largest absolute Gasteiger partial charge is 0.418 e. The van der Waals surface area contributed by atoms with Crippen LogP contribution in [-0.2, 0) is 6.18 Å². The first-order valence-corrected chi connectivity index (χ1v) is 12.1. The van der Waals surface area contributed by atoms with Gasteiger partial charge >= 0.3 is 6.18 Å². The molecule has 3 aliphatic heterocycles. The van der Waals surface area contributed by atoms with E-state index in [0.29, 0.717) is 60.8 Å². The lowest BCUT2D eigenvalue weighted by atomic mass is 9.96. The normalized spacial score (nSPS) is 18.4. The van der Waals surface area contributed by atoms with Crippen molar-refractivity contribution in [3.63, 3.8) is 0 Å². The number of benzene rings is 2. The van der Waals surface area contributed by atoms with Crippen LogP contribution in [-0.4, -0.2) is 60.2 Å². The van der Waals surface area contributed by atoms with Crippen molar-refractivity contribution in [3.05, 3.63) is 82.5 Å². The maximum Gasteiger partial charge on any atom is 0.418 e. The van der Waals surface area contributed by atoms with E-state index in [9.17, 15) is 27.8 Å². The zero-order valence-electron chi connectivity index (χ0n) is 20.4. The Morgan fingerprint density at radius 2 is 1.86 bits per heavy atom. The maximum absolute atomic E-state index is 14.2. The molecule has 5 rings (SSSR count). The molecule has 2 N–H and O–H groups in total.